The van der Waals surface area contributed by atoms with Gasteiger partial charge in [-0.25, -0.2) is 4.39 Å². The molecule has 0 aliphatic carbocycles. The van der Waals surface area contributed by atoms with E-state index in [2.05, 4.69) is 4.98 Å². The van der Waals surface area contributed by atoms with Crippen LogP contribution in [0.15, 0.2) is 24.4 Å². The first-order valence-corrected chi connectivity index (χ1v) is 4.69. The Morgan fingerprint density at radius 2 is 2.14 bits per heavy atom. The molecule has 0 saturated heterocycles. The molecule has 2 nitrogen and oxygen atoms in total. The summed E-state index contributed by atoms with van der Waals surface area (Å²) < 4.78 is 13.7. The number of pyridine rings is 1. The van der Waals surface area contributed by atoms with Crippen LogP contribution >= 0.6 is 22.6 Å². The van der Waals surface area contributed by atoms with Crippen LogP contribution in [0.4, 0.5) is 4.39 Å². The maximum Gasteiger partial charge on any atom is 2.00 e. The number of rotatable bonds is 0. The Hall–Kier alpha value is -0.391. The normalized spacial score (nSPS) is 9.86. The zero-order valence-electron chi connectivity index (χ0n) is 6.84. The van der Waals surface area contributed by atoms with Crippen LogP contribution in [0.1, 0.15) is 0 Å². The average molecular weight is 343 g/mol. The predicted octanol–water partition coefficient (Wildman–Crippen LogP) is 2.68. The van der Waals surface area contributed by atoms with Crippen molar-refractivity contribution in [3.05, 3.63) is 33.8 Å². The van der Waals surface area contributed by atoms with Crippen LogP contribution in [0.2, 0.25) is 0 Å². The van der Waals surface area contributed by atoms with Gasteiger partial charge in [0.25, 0.3) is 0 Å². The second-order valence-electron chi connectivity index (χ2n) is 2.59. The molecule has 0 aliphatic heterocycles. The molecule has 0 atom stereocenters. The van der Waals surface area contributed by atoms with Gasteiger partial charge >= 0.3 is 17.1 Å². The van der Waals surface area contributed by atoms with E-state index in [4.69, 9.17) is 0 Å². The first-order valence-electron chi connectivity index (χ1n) is 3.62. The minimum atomic E-state index is -0.356. The van der Waals surface area contributed by atoms with E-state index in [1.165, 1.54) is 12.3 Å². The van der Waals surface area contributed by atoms with Gasteiger partial charge < -0.3 is 5.11 Å². The number of phenolic OH excluding ortho intramolecular Hbond substituents is 1. The quantitative estimate of drug-likeness (QED) is 0.590. The van der Waals surface area contributed by atoms with Crippen molar-refractivity contribution in [3.63, 3.8) is 0 Å². The molecule has 2 aromatic rings. The summed E-state index contributed by atoms with van der Waals surface area (Å²) in [6.45, 7) is 0. The molecular formula is C9H5FIMnNO+2. The fourth-order valence-corrected chi connectivity index (χ4v) is 1.69. The smallest absolute Gasteiger partial charge is 0.505 e. The van der Waals surface area contributed by atoms with E-state index in [9.17, 15) is 9.50 Å². The third-order valence-corrected chi connectivity index (χ3v) is 2.59. The Morgan fingerprint density at radius 3 is 2.86 bits per heavy atom. The summed E-state index contributed by atoms with van der Waals surface area (Å²) >= 11 is 1.87. The Bertz CT molecular complexity index is 478. The number of nitrogens with zero attached hydrogens (tertiary/aromatic N) is 1. The topological polar surface area (TPSA) is 33.1 Å². The summed E-state index contributed by atoms with van der Waals surface area (Å²) in [5, 5.41) is 9.89. The van der Waals surface area contributed by atoms with Gasteiger partial charge in [-0.05, 0) is 40.8 Å². The van der Waals surface area contributed by atoms with Crippen LogP contribution in [0, 0.1) is 9.39 Å². The number of fused-ring (bicyclic) bond motifs is 1. The van der Waals surface area contributed by atoms with E-state index in [0.29, 0.717) is 14.5 Å². The second kappa shape index (κ2) is 4.42. The molecule has 0 aliphatic rings. The van der Waals surface area contributed by atoms with Gasteiger partial charge in [-0.15, -0.1) is 0 Å². The van der Waals surface area contributed by atoms with Crippen LogP contribution in [0.5, 0.6) is 5.75 Å². The predicted molar refractivity (Wildman–Crippen MR) is 56.1 cm³/mol. The number of benzene rings is 1. The van der Waals surface area contributed by atoms with Crippen LogP contribution in [0.3, 0.4) is 0 Å². The minimum Gasteiger partial charge on any atom is -0.505 e. The first-order chi connectivity index (χ1) is 6.20. The van der Waals surface area contributed by atoms with Crippen LogP contribution in [0.25, 0.3) is 10.9 Å². The third-order valence-electron chi connectivity index (χ3n) is 1.77. The van der Waals surface area contributed by atoms with Gasteiger partial charge in [-0.1, -0.05) is 0 Å². The molecule has 0 amide bonds. The Balaban J connectivity index is 0.000000980. The largest absolute Gasteiger partial charge is 2.00 e. The summed E-state index contributed by atoms with van der Waals surface area (Å²) in [5.74, 6) is -0.317. The molecule has 1 heterocycles. The van der Waals surface area contributed by atoms with Crippen molar-refractivity contribution in [3.8, 4) is 5.75 Å². The molecule has 1 N–H and O–H groups in total. The van der Waals surface area contributed by atoms with Gasteiger partial charge in [0, 0.05) is 11.6 Å². The number of hydrogen-bond acceptors (Lipinski definition) is 2. The van der Waals surface area contributed by atoms with E-state index in [1.54, 1.807) is 12.1 Å². The van der Waals surface area contributed by atoms with E-state index in [-0.39, 0.29) is 28.6 Å². The van der Waals surface area contributed by atoms with Gasteiger partial charge in [-0.2, -0.15) is 0 Å². The van der Waals surface area contributed by atoms with Crippen molar-refractivity contribution >= 4 is 33.5 Å². The van der Waals surface area contributed by atoms with Gasteiger partial charge in [0.1, 0.15) is 11.3 Å². The molecule has 0 fully saturated rings. The molecule has 1 radical (unpaired) electrons. The SMILES string of the molecule is Oc1c(I)cc([18F])c2cccnc12.[Mn+2]. The number of hydrogen-bond donors (Lipinski definition) is 1. The standard InChI is InChI=1S/C9H5FINO.Mn/c10-6-4-7(11)9(13)8-5(6)2-1-3-12-8;/h1-4,13H;/q;+2/i10-1;. The van der Waals surface area contributed by atoms with Gasteiger partial charge in [0.05, 0.1) is 3.57 Å². The maximum atomic E-state index is 13.3. The molecule has 5 heteroatoms. The van der Waals surface area contributed by atoms with E-state index >= 15 is 0 Å². The van der Waals surface area contributed by atoms with Crippen LogP contribution in [-0.2, 0) is 17.1 Å². The fourth-order valence-electron chi connectivity index (χ4n) is 1.16. The van der Waals surface area contributed by atoms with Crippen molar-refractivity contribution in [2.75, 3.05) is 0 Å². The molecule has 1 aromatic carbocycles. The Morgan fingerprint density at radius 1 is 1.43 bits per heavy atom. The zero-order chi connectivity index (χ0) is 9.42. The van der Waals surface area contributed by atoms with E-state index in [0.717, 1.165) is 0 Å². The fraction of sp³-hybridized carbons (Fsp3) is 0. The van der Waals surface area contributed by atoms with Crippen molar-refractivity contribution in [1.29, 1.82) is 0 Å². The summed E-state index contributed by atoms with van der Waals surface area (Å²) in [5.41, 5.74) is 0.312. The van der Waals surface area contributed by atoms with Gasteiger partial charge in [0.15, 0.2) is 5.75 Å². The molecule has 2 rings (SSSR count). The molecule has 14 heavy (non-hydrogen) atoms. The zero-order valence-corrected chi connectivity index (χ0v) is 10.2. The monoisotopic (exact) mass is 343 g/mol. The van der Waals surface area contributed by atoms with Crippen molar-refractivity contribution in [2.24, 2.45) is 0 Å². The molecule has 1 aromatic heterocycles. The molecule has 0 unspecified atom stereocenters. The van der Waals surface area contributed by atoms with Crippen molar-refractivity contribution in [1.82, 2.24) is 4.98 Å². The summed E-state index contributed by atoms with van der Waals surface area (Å²) in [6.07, 6.45) is 1.53. The second-order valence-corrected chi connectivity index (χ2v) is 3.75. The average Bonchev–Trinajstić information content (AvgIpc) is 2.15. The van der Waals surface area contributed by atoms with Crippen LogP contribution in [-0.4, -0.2) is 10.1 Å². The number of aromatic hydroxyl groups is 1. The van der Waals surface area contributed by atoms with E-state index in [1.807, 2.05) is 22.6 Å². The molecule has 0 bridgehead atoms. The Kier molecular flexibility index (Phi) is 3.69. The molecule has 0 saturated carbocycles. The third kappa shape index (κ3) is 1.85. The summed E-state index contributed by atoms with van der Waals surface area (Å²) in [4.78, 5) is 3.91. The molecule has 71 valence electrons. The maximum absolute atomic E-state index is 13.3. The summed E-state index contributed by atoms with van der Waals surface area (Å²) in [7, 11) is 0. The van der Waals surface area contributed by atoms with Crippen LogP contribution < -0.4 is 0 Å². The summed E-state index contributed by atoms with van der Waals surface area (Å²) in [6, 6.07) is 4.52. The van der Waals surface area contributed by atoms with Crippen molar-refractivity contribution in [2.45, 2.75) is 0 Å². The van der Waals surface area contributed by atoms with Gasteiger partial charge in [0.2, 0.25) is 0 Å². The van der Waals surface area contributed by atoms with Crippen molar-refractivity contribution < 1.29 is 26.6 Å². The number of phenols is 1. The number of aromatic nitrogens is 1. The molecular weight excluding hydrogens is 338 g/mol. The van der Waals surface area contributed by atoms with E-state index < -0.39 is 0 Å². The minimum absolute atomic E-state index is 0. The number of halogens is 2. The van der Waals surface area contributed by atoms with Gasteiger partial charge in [-0.3, -0.25) is 4.98 Å². The Labute approximate surface area is 104 Å². The molecule has 0 spiro atoms. The first kappa shape index (κ1) is 11.7.